The Hall–Kier alpha value is -4.38. The molecule has 0 radical (unpaired) electrons. The van der Waals surface area contributed by atoms with Crippen molar-refractivity contribution in [2.75, 3.05) is 18.0 Å². The van der Waals surface area contributed by atoms with E-state index in [1.165, 1.54) is 0 Å². The molecule has 5 rings (SSSR count). The summed E-state index contributed by atoms with van der Waals surface area (Å²) in [7, 11) is 0. The molecule has 0 bridgehead atoms. The number of nitrogens with one attached hydrogen (secondary N) is 1. The van der Waals surface area contributed by atoms with Gasteiger partial charge in [-0.05, 0) is 37.3 Å². The third-order valence-corrected chi connectivity index (χ3v) is 5.70. The zero-order valence-electron chi connectivity index (χ0n) is 17.3. The van der Waals surface area contributed by atoms with Crippen LogP contribution in [0, 0.1) is 16.7 Å². The van der Waals surface area contributed by atoms with E-state index in [4.69, 9.17) is 19.9 Å². The lowest BCUT2D eigenvalue weighted by atomic mass is 10.1. The van der Waals surface area contributed by atoms with E-state index in [1.807, 2.05) is 60.4 Å². The van der Waals surface area contributed by atoms with Gasteiger partial charge in [0.2, 0.25) is 0 Å². The quantitative estimate of drug-likeness (QED) is 0.410. The summed E-state index contributed by atoms with van der Waals surface area (Å²) < 4.78 is 7.85. The van der Waals surface area contributed by atoms with Crippen LogP contribution in [0.5, 0.6) is 0 Å². The summed E-state index contributed by atoms with van der Waals surface area (Å²) in [6, 6.07) is 17.3. The fourth-order valence-corrected chi connectivity index (χ4v) is 4.12. The van der Waals surface area contributed by atoms with E-state index in [1.54, 1.807) is 4.40 Å². The molecule has 0 aliphatic heterocycles. The smallest absolute Gasteiger partial charge is 0.305 e. The molecular weight excluding hydrogens is 406 g/mol. The van der Waals surface area contributed by atoms with Gasteiger partial charge in [0.25, 0.3) is 0 Å². The number of rotatable bonds is 5. The minimum absolute atomic E-state index is 0.0274. The van der Waals surface area contributed by atoms with Crippen LogP contribution in [0.4, 0.5) is 5.69 Å². The summed E-state index contributed by atoms with van der Waals surface area (Å²) in [6.07, 6.45) is 0.0347. The van der Waals surface area contributed by atoms with Crippen LogP contribution in [-0.2, 0) is 4.79 Å². The second kappa shape index (κ2) is 7.39. The molecule has 5 aromatic rings. The number of para-hydroxylation sites is 2. The zero-order chi connectivity index (χ0) is 22.4. The first-order valence-corrected chi connectivity index (χ1v) is 10.2. The van der Waals surface area contributed by atoms with E-state index in [-0.39, 0.29) is 17.5 Å². The van der Waals surface area contributed by atoms with Crippen LogP contribution in [0.2, 0.25) is 0 Å². The summed E-state index contributed by atoms with van der Waals surface area (Å²) in [6.45, 7) is 2.99. The van der Waals surface area contributed by atoms with Gasteiger partial charge in [-0.3, -0.25) is 14.6 Å². The molecule has 158 valence electrons. The Balaban J connectivity index is 1.79. The number of fused-ring (bicyclic) bond motifs is 6. The highest BCUT2D eigenvalue weighted by atomic mass is 16.4. The van der Waals surface area contributed by atoms with Crippen molar-refractivity contribution in [1.82, 2.24) is 9.38 Å². The van der Waals surface area contributed by atoms with Gasteiger partial charge in [0, 0.05) is 30.2 Å². The standard InChI is InChI=1S/C24H19N5O3/c1-2-28(10-9-21(30)31)15-8-7-14-11-16-22(32-20(14)12-15)17(13-25)23(26)29-19-6-4-3-5-18(19)27-24(16)29/h3-8,11-12,26H,2,9-10H2,1H3,(H,30,31). The van der Waals surface area contributed by atoms with Gasteiger partial charge in [-0.25, -0.2) is 4.98 Å². The van der Waals surface area contributed by atoms with Gasteiger partial charge in [-0.2, -0.15) is 5.26 Å². The first kappa shape index (κ1) is 19.6. The van der Waals surface area contributed by atoms with Crippen molar-refractivity contribution < 1.29 is 14.3 Å². The van der Waals surface area contributed by atoms with Crippen molar-refractivity contribution >= 4 is 50.3 Å². The molecule has 32 heavy (non-hydrogen) atoms. The maximum Gasteiger partial charge on any atom is 0.305 e. The van der Waals surface area contributed by atoms with Gasteiger partial charge < -0.3 is 14.4 Å². The zero-order valence-corrected chi connectivity index (χ0v) is 17.3. The summed E-state index contributed by atoms with van der Waals surface area (Å²) in [4.78, 5) is 17.6. The average Bonchev–Trinajstić information content (AvgIpc) is 3.19. The molecule has 0 fully saturated rings. The number of nitriles is 1. The highest BCUT2D eigenvalue weighted by Gasteiger charge is 2.18. The molecule has 8 heteroatoms. The summed E-state index contributed by atoms with van der Waals surface area (Å²) in [5.74, 6) is -0.849. The Morgan fingerprint density at radius 3 is 2.84 bits per heavy atom. The number of pyridine rings is 1. The van der Waals surface area contributed by atoms with Gasteiger partial charge in [0.15, 0.2) is 16.7 Å². The number of benzene rings is 2. The highest BCUT2D eigenvalue weighted by molar-refractivity contribution is 6.02. The molecule has 0 atom stereocenters. The van der Waals surface area contributed by atoms with Crippen LogP contribution in [0.3, 0.4) is 0 Å². The Labute approximate surface area is 182 Å². The van der Waals surface area contributed by atoms with E-state index in [0.29, 0.717) is 35.3 Å². The molecule has 0 unspecified atom stereocenters. The molecule has 2 N–H and O–H groups in total. The lowest BCUT2D eigenvalue weighted by Gasteiger charge is -2.22. The van der Waals surface area contributed by atoms with Crippen molar-refractivity contribution in [3.63, 3.8) is 0 Å². The summed E-state index contributed by atoms with van der Waals surface area (Å²) in [5, 5.41) is 29.0. The van der Waals surface area contributed by atoms with Gasteiger partial charge >= 0.3 is 5.97 Å². The molecule has 0 amide bonds. The molecule has 8 nitrogen and oxygen atoms in total. The van der Waals surface area contributed by atoms with Crippen LogP contribution in [-0.4, -0.2) is 33.6 Å². The largest absolute Gasteiger partial charge is 0.481 e. The van der Waals surface area contributed by atoms with Gasteiger partial charge in [0.1, 0.15) is 17.2 Å². The van der Waals surface area contributed by atoms with Gasteiger partial charge in [-0.15, -0.1) is 0 Å². The van der Waals surface area contributed by atoms with E-state index in [9.17, 15) is 10.1 Å². The van der Waals surface area contributed by atoms with E-state index < -0.39 is 5.97 Å². The predicted octanol–water partition coefficient (Wildman–Crippen LogP) is 4.04. The third-order valence-electron chi connectivity index (χ3n) is 5.70. The number of carboxylic acid groups (broad SMARTS) is 1. The molecule has 0 saturated carbocycles. The van der Waals surface area contributed by atoms with Crippen LogP contribution in [0.15, 0.2) is 52.9 Å². The van der Waals surface area contributed by atoms with E-state index in [2.05, 4.69) is 6.07 Å². The third kappa shape index (κ3) is 2.94. The monoisotopic (exact) mass is 425 g/mol. The van der Waals surface area contributed by atoms with Crippen LogP contribution < -0.4 is 10.4 Å². The molecule has 2 aromatic carbocycles. The van der Waals surface area contributed by atoms with E-state index in [0.717, 1.165) is 22.1 Å². The molecule has 3 aromatic heterocycles. The fraction of sp³-hybridized carbons (Fsp3) is 0.167. The molecule has 0 aliphatic carbocycles. The number of nitrogens with zero attached hydrogens (tertiary/aromatic N) is 4. The number of anilines is 1. The minimum Gasteiger partial charge on any atom is -0.481 e. The van der Waals surface area contributed by atoms with Crippen molar-refractivity contribution in [2.45, 2.75) is 13.3 Å². The molecule has 0 aliphatic rings. The topological polar surface area (TPSA) is 119 Å². The highest BCUT2D eigenvalue weighted by Crippen LogP contribution is 2.31. The lowest BCUT2D eigenvalue weighted by molar-refractivity contribution is -0.136. The van der Waals surface area contributed by atoms with Crippen LogP contribution in [0.1, 0.15) is 18.9 Å². The van der Waals surface area contributed by atoms with Crippen LogP contribution in [0.25, 0.3) is 38.6 Å². The number of carbonyl (C=O) groups is 1. The summed E-state index contributed by atoms with van der Waals surface area (Å²) >= 11 is 0. The van der Waals surface area contributed by atoms with Crippen molar-refractivity contribution in [3.05, 3.63) is 59.6 Å². The van der Waals surface area contributed by atoms with E-state index >= 15 is 0 Å². The lowest BCUT2D eigenvalue weighted by Crippen LogP contribution is -2.25. The molecule has 0 spiro atoms. The maximum absolute atomic E-state index is 11.0. The fourth-order valence-electron chi connectivity index (χ4n) is 4.12. The Morgan fingerprint density at radius 2 is 2.09 bits per heavy atom. The first-order chi connectivity index (χ1) is 15.5. The maximum atomic E-state index is 11.0. The SMILES string of the molecule is CCN(CCC(=O)O)c1ccc2cc3c(oc2c1)c(C#N)c(=N)n1c2ccccc2nc31. The molecule has 0 saturated heterocycles. The van der Waals surface area contributed by atoms with Crippen LogP contribution >= 0.6 is 0 Å². The summed E-state index contributed by atoms with van der Waals surface area (Å²) in [5.41, 5.74) is 3.95. The Bertz CT molecular complexity index is 1640. The number of carboxylic acids is 1. The predicted molar refractivity (Wildman–Crippen MR) is 121 cm³/mol. The normalized spacial score (nSPS) is 11.4. The second-order valence-corrected chi connectivity index (χ2v) is 7.53. The number of hydrogen-bond donors (Lipinski definition) is 2. The number of aromatic nitrogens is 2. The average molecular weight is 425 g/mol. The second-order valence-electron chi connectivity index (χ2n) is 7.53. The van der Waals surface area contributed by atoms with Crippen molar-refractivity contribution in [1.29, 1.82) is 10.7 Å². The number of hydrogen-bond acceptors (Lipinski definition) is 6. The molecular formula is C24H19N5O3. The Morgan fingerprint density at radius 1 is 1.28 bits per heavy atom. The first-order valence-electron chi connectivity index (χ1n) is 10.2. The Kier molecular flexibility index (Phi) is 4.52. The number of imidazole rings is 1. The van der Waals surface area contributed by atoms with Gasteiger partial charge in [-0.1, -0.05) is 12.1 Å². The molecule has 3 heterocycles. The van der Waals surface area contributed by atoms with Crippen molar-refractivity contribution in [3.8, 4) is 6.07 Å². The minimum atomic E-state index is -0.849. The van der Waals surface area contributed by atoms with Crippen molar-refractivity contribution in [2.24, 2.45) is 0 Å². The van der Waals surface area contributed by atoms with Gasteiger partial charge in [0.05, 0.1) is 22.8 Å². The number of aliphatic carboxylic acids is 1.